The topological polar surface area (TPSA) is 84.7 Å². The van der Waals surface area contributed by atoms with Crippen LogP contribution in [0.5, 0.6) is 0 Å². The van der Waals surface area contributed by atoms with Gasteiger partial charge in [0.1, 0.15) is 0 Å². The van der Waals surface area contributed by atoms with Crippen LogP contribution >= 0.6 is 12.4 Å². The zero-order valence-corrected chi connectivity index (χ0v) is 12.5. The smallest absolute Gasteiger partial charge is 0.242 e. The third-order valence-corrected chi connectivity index (χ3v) is 3.03. The number of hydrogen-bond acceptors (Lipinski definition) is 4. The number of amides is 2. The molecule has 2 amide bonds. The minimum Gasteiger partial charge on any atom is -0.375 e. The Morgan fingerprint density at radius 2 is 2.11 bits per heavy atom. The van der Waals surface area contributed by atoms with Gasteiger partial charge in [0.15, 0.2) is 0 Å². The van der Waals surface area contributed by atoms with Gasteiger partial charge < -0.3 is 20.7 Å². The molecule has 1 heterocycles. The van der Waals surface area contributed by atoms with Gasteiger partial charge in [0.2, 0.25) is 11.8 Å². The lowest BCUT2D eigenvalue weighted by molar-refractivity contribution is -0.139. The van der Waals surface area contributed by atoms with E-state index in [9.17, 15) is 9.59 Å². The molecule has 3 N–H and O–H groups in total. The third kappa shape index (κ3) is 5.76. The van der Waals surface area contributed by atoms with E-state index in [-0.39, 0.29) is 42.8 Å². The Bertz CT molecular complexity index is 313. The second-order valence-corrected chi connectivity index (χ2v) is 5.01. The average molecular weight is 294 g/mol. The van der Waals surface area contributed by atoms with Gasteiger partial charge >= 0.3 is 0 Å². The lowest BCUT2D eigenvalue weighted by Crippen LogP contribution is -2.51. The van der Waals surface area contributed by atoms with Crippen LogP contribution in [0.2, 0.25) is 0 Å². The highest BCUT2D eigenvalue weighted by Crippen LogP contribution is 2.04. The number of carbonyl (C=O) groups excluding carboxylic acids is 2. The van der Waals surface area contributed by atoms with E-state index in [0.717, 1.165) is 0 Å². The van der Waals surface area contributed by atoms with Crippen LogP contribution in [0.3, 0.4) is 0 Å². The second-order valence-electron chi connectivity index (χ2n) is 5.01. The molecule has 7 heteroatoms. The third-order valence-electron chi connectivity index (χ3n) is 3.03. The van der Waals surface area contributed by atoms with Crippen LogP contribution in [0.25, 0.3) is 0 Å². The molecule has 1 saturated heterocycles. The molecule has 0 saturated carbocycles. The number of rotatable bonds is 4. The van der Waals surface area contributed by atoms with Gasteiger partial charge in [-0.3, -0.25) is 9.59 Å². The maximum absolute atomic E-state index is 11.9. The number of halogens is 1. The molecule has 1 rings (SSSR count). The van der Waals surface area contributed by atoms with Crippen molar-refractivity contribution in [2.45, 2.75) is 32.9 Å². The highest BCUT2D eigenvalue weighted by Gasteiger charge is 2.23. The summed E-state index contributed by atoms with van der Waals surface area (Å²) in [5, 5.41) is 2.58. The Labute approximate surface area is 120 Å². The van der Waals surface area contributed by atoms with Crippen molar-refractivity contribution in [1.29, 1.82) is 0 Å². The normalized spacial score (nSPS) is 20.7. The van der Waals surface area contributed by atoms with Gasteiger partial charge in [-0.15, -0.1) is 12.4 Å². The molecule has 0 aromatic heterocycles. The van der Waals surface area contributed by atoms with E-state index in [0.29, 0.717) is 19.7 Å². The fourth-order valence-corrected chi connectivity index (χ4v) is 1.74. The van der Waals surface area contributed by atoms with Crippen molar-refractivity contribution in [3.63, 3.8) is 0 Å². The number of nitrogens with one attached hydrogen (secondary N) is 1. The fraction of sp³-hybridized carbons (Fsp3) is 0.833. The monoisotopic (exact) mass is 293 g/mol. The summed E-state index contributed by atoms with van der Waals surface area (Å²) in [6, 6.07) is -0.568. The number of hydrogen-bond donors (Lipinski definition) is 2. The number of morpholine rings is 1. The number of nitrogens with zero attached hydrogens (tertiary/aromatic N) is 1. The molecule has 112 valence electrons. The van der Waals surface area contributed by atoms with Crippen LogP contribution < -0.4 is 11.1 Å². The summed E-state index contributed by atoms with van der Waals surface area (Å²) in [7, 11) is 0. The first-order valence-corrected chi connectivity index (χ1v) is 6.34. The maximum atomic E-state index is 11.9. The van der Waals surface area contributed by atoms with Crippen LogP contribution in [0.4, 0.5) is 0 Å². The van der Waals surface area contributed by atoms with Crippen LogP contribution in [-0.2, 0) is 14.3 Å². The highest BCUT2D eigenvalue weighted by molar-refractivity contribution is 5.87. The molecule has 6 nitrogen and oxygen atoms in total. The van der Waals surface area contributed by atoms with Gasteiger partial charge in [-0.05, 0) is 12.8 Å². The van der Waals surface area contributed by atoms with Crippen molar-refractivity contribution in [3.05, 3.63) is 0 Å². The van der Waals surface area contributed by atoms with E-state index in [1.54, 1.807) is 4.90 Å². The lowest BCUT2D eigenvalue weighted by Gasteiger charge is -2.31. The highest BCUT2D eigenvalue weighted by atomic mass is 35.5. The largest absolute Gasteiger partial charge is 0.375 e. The van der Waals surface area contributed by atoms with E-state index in [4.69, 9.17) is 10.5 Å². The van der Waals surface area contributed by atoms with Crippen molar-refractivity contribution in [2.24, 2.45) is 11.7 Å². The van der Waals surface area contributed by atoms with E-state index in [1.807, 2.05) is 20.8 Å². The molecule has 1 aliphatic rings. The number of carbonyl (C=O) groups is 2. The molecule has 0 aromatic carbocycles. The van der Waals surface area contributed by atoms with Gasteiger partial charge in [0.05, 0.1) is 25.3 Å². The molecule has 1 fully saturated rings. The molecule has 0 bridgehead atoms. The summed E-state index contributed by atoms with van der Waals surface area (Å²) in [5.74, 6) is -0.308. The summed E-state index contributed by atoms with van der Waals surface area (Å²) in [5.41, 5.74) is 5.69. The Hall–Kier alpha value is -0.850. The fourth-order valence-electron chi connectivity index (χ4n) is 1.74. The minimum atomic E-state index is -0.568. The van der Waals surface area contributed by atoms with Crippen LogP contribution in [0.1, 0.15) is 20.8 Å². The number of ether oxygens (including phenoxy) is 1. The zero-order chi connectivity index (χ0) is 13.7. The first kappa shape index (κ1) is 18.1. The second kappa shape index (κ2) is 8.35. The molecule has 0 spiro atoms. The first-order valence-electron chi connectivity index (χ1n) is 6.34. The lowest BCUT2D eigenvalue weighted by atomic mass is 10.1. The first-order chi connectivity index (χ1) is 8.41. The van der Waals surface area contributed by atoms with Crippen LogP contribution in [-0.4, -0.2) is 55.1 Å². The summed E-state index contributed by atoms with van der Waals surface area (Å²) in [4.78, 5) is 25.2. The van der Waals surface area contributed by atoms with Crippen LogP contribution in [0, 0.1) is 5.92 Å². The Balaban J connectivity index is 0.00000324. The van der Waals surface area contributed by atoms with Gasteiger partial charge in [0.25, 0.3) is 0 Å². The average Bonchev–Trinajstić information content (AvgIpc) is 2.34. The Morgan fingerprint density at radius 3 is 2.63 bits per heavy atom. The van der Waals surface area contributed by atoms with Crippen molar-refractivity contribution in [2.75, 3.05) is 26.2 Å². The van der Waals surface area contributed by atoms with Gasteiger partial charge in [-0.1, -0.05) is 13.8 Å². The van der Waals surface area contributed by atoms with E-state index in [1.165, 1.54) is 0 Å². The van der Waals surface area contributed by atoms with Crippen molar-refractivity contribution in [3.8, 4) is 0 Å². The maximum Gasteiger partial charge on any atom is 0.242 e. The summed E-state index contributed by atoms with van der Waals surface area (Å²) in [6.07, 6.45) is 0.0522. The molecule has 0 radical (unpaired) electrons. The van der Waals surface area contributed by atoms with Crippen LogP contribution in [0.15, 0.2) is 0 Å². The summed E-state index contributed by atoms with van der Waals surface area (Å²) in [6.45, 7) is 7.37. The molecule has 0 aliphatic carbocycles. The molecular weight excluding hydrogens is 270 g/mol. The molecule has 0 aromatic rings. The quantitative estimate of drug-likeness (QED) is 0.749. The molecule has 2 atom stereocenters. The zero-order valence-electron chi connectivity index (χ0n) is 11.7. The Morgan fingerprint density at radius 1 is 1.47 bits per heavy atom. The van der Waals surface area contributed by atoms with E-state index < -0.39 is 6.04 Å². The SMILES string of the molecule is CC1CN(C(=O)CNC(=O)[C@@H](N)C(C)C)CCO1.Cl. The summed E-state index contributed by atoms with van der Waals surface area (Å²) < 4.78 is 5.35. The molecule has 19 heavy (non-hydrogen) atoms. The molecule has 1 unspecified atom stereocenters. The molecule has 1 aliphatic heterocycles. The minimum absolute atomic E-state index is 0. The molecular formula is C12H24ClN3O3. The van der Waals surface area contributed by atoms with Crippen molar-refractivity contribution in [1.82, 2.24) is 10.2 Å². The standard InChI is InChI=1S/C12H23N3O3.ClH/c1-8(2)11(13)12(17)14-6-10(16)15-4-5-18-9(3)7-15;/h8-9,11H,4-7,13H2,1-3H3,(H,14,17);1H/t9?,11-;/m0./s1. The van der Waals surface area contributed by atoms with Crippen molar-refractivity contribution < 1.29 is 14.3 Å². The predicted molar refractivity (Wildman–Crippen MR) is 75.1 cm³/mol. The predicted octanol–water partition coefficient (Wildman–Crippen LogP) is -0.245. The summed E-state index contributed by atoms with van der Waals surface area (Å²) >= 11 is 0. The van der Waals surface area contributed by atoms with Crippen molar-refractivity contribution >= 4 is 24.2 Å². The van der Waals surface area contributed by atoms with Gasteiger partial charge in [-0.2, -0.15) is 0 Å². The Kier molecular flexibility index (Phi) is 7.97. The van der Waals surface area contributed by atoms with E-state index >= 15 is 0 Å². The van der Waals surface area contributed by atoms with E-state index in [2.05, 4.69) is 5.32 Å². The van der Waals surface area contributed by atoms with Gasteiger partial charge in [-0.25, -0.2) is 0 Å². The van der Waals surface area contributed by atoms with Gasteiger partial charge in [0, 0.05) is 13.1 Å². The number of nitrogens with two attached hydrogens (primary N) is 1.